The lowest BCUT2D eigenvalue weighted by Crippen LogP contribution is -2.22. The number of nitrogens with one attached hydrogen (secondary N) is 1. The van der Waals surface area contributed by atoms with Gasteiger partial charge in [0.25, 0.3) is 0 Å². The quantitative estimate of drug-likeness (QED) is 0.908. The fourth-order valence-corrected chi connectivity index (χ4v) is 2.45. The Balaban J connectivity index is 1.73. The lowest BCUT2D eigenvalue weighted by Gasteiger charge is -2.26. The zero-order valence-corrected chi connectivity index (χ0v) is 10.6. The van der Waals surface area contributed by atoms with E-state index in [1.165, 1.54) is 17.2 Å². The number of benzene rings is 2. The Bertz CT molecular complexity index is 570. The van der Waals surface area contributed by atoms with E-state index in [-0.39, 0.29) is 11.9 Å². The van der Waals surface area contributed by atoms with E-state index >= 15 is 0 Å². The smallest absolute Gasteiger partial charge is 0.146 e. The molecule has 98 valence electrons. The van der Waals surface area contributed by atoms with Crippen molar-refractivity contribution in [1.82, 2.24) is 0 Å². The van der Waals surface area contributed by atoms with Gasteiger partial charge in [0, 0.05) is 6.54 Å². The van der Waals surface area contributed by atoms with Crippen LogP contribution < -0.4 is 5.32 Å². The summed E-state index contributed by atoms with van der Waals surface area (Å²) < 4.78 is 19.3. The summed E-state index contributed by atoms with van der Waals surface area (Å²) in [7, 11) is 0. The Morgan fingerprint density at radius 3 is 2.79 bits per heavy atom. The van der Waals surface area contributed by atoms with Gasteiger partial charge < -0.3 is 10.1 Å². The Labute approximate surface area is 112 Å². The predicted molar refractivity (Wildman–Crippen MR) is 73.7 cm³/mol. The molecule has 1 aliphatic heterocycles. The summed E-state index contributed by atoms with van der Waals surface area (Å²) in [5.74, 6) is -0.230. The first kappa shape index (κ1) is 12.2. The molecule has 2 nitrogen and oxygen atoms in total. The van der Waals surface area contributed by atoms with Gasteiger partial charge in [0.05, 0.1) is 18.4 Å². The Morgan fingerprint density at radius 2 is 1.89 bits per heavy atom. The Kier molecular flexibility index (Phi) is 3.47. The van der Waals surface area contributed by atoms with E-state index in [0.29, 0.717) is 12.2 Å². The molecule has 3 rings (SSSR count). The fourth-order valence-electron chi connectivity index (χ4n) is 2.45. The van der Waals surface area contributed by atoms with Crippen molar-refractivity contribution in [2.24, 2.45) is 0 Å². The van der Waals surface area contributed by atoms with Gasteiger partial charge in [-0.3, -0.25) is 0 Å². The molecule has 0 amide bonds. The number of halogens is 1. The lowest BCUT2D eigenvalue weighted by molar-refractivity contribution is 0.0513. The minimum Gasteiger partial charge on any atom is -0.380 e. The summed E-state index contributed by atoms with van der Waals surface area (Å²) in [6, 6.07) is 15.0. The number of fused-ring (bicyclic) bond motifs is 1. The molecule has 2 aromatic carbocycles. The van der Waals surface area contributed by atoms with E-state index in [9.17, 15) is 4.39 Å². The molecular formula is C16H16FNO. The van der Waals surface area contributed by atoms with E-state index in [4.69, 9.17) is 4.74 Å². The van der Waals surface area contributed by atoms with Gasteiger partial charge >= 0.3 is 0 Å². The molecule has 19 heavy (non-hydrogen) atoms. The standard InChI is InChI=1S/C16H16FNO/c17-14-7-3-4-8-15(14)18-11-16-13-6-2-1-5-12(13)9-10-19-16/h1-8,16,18H,9-11H2. The minimum absolute atomic E-state index is 0.00967. The Hall–Kier alpha value is -1.87. The van der Waals surface area contributed by atoms with Gasteiger partial charge in [0.2, 0.25) is 0 Å². The van der Waals surface area contributed by atoms with Crippen molar-refractivity contribution in [3.05, 3.63) is 65.5 Å². The number of anilines is 1. The van der Waals surface area contributed by atoms with E-state index in [1.807, 2.05) is 18.2 Å². The molecule has 0 bridgehead atoms. The third-order valence-electron chi connectivity index (χ3n) is 3.44. The second-order valence-corrected chi connectivity index (χ2v) is 4.67. The Morgan fingerprint density at radius 1 is 1.11 bits per heavy atom. The van der Waals surface area contributed by atoms with Crippen LogP contribution in [0.4, 0.5) is 10.1 Å². The summed E-state index contributed by atoms with van der Waals surface area (Å²) >= 11 is 0. The molecule has 0 saturated heterocycles. The highest BCUT2D eigenvalue weighted by Gasteiger charge is 2.20. The van der Waals surface area contributed by atoms with Gasteiger partial charge in [0.15, 0.2) is 0 Å². The first-order chi connectivity index (χ1) is 9.34. The molecule has 2 aromatic rings. The summed E-state index contributed by atoms with van der Waals surface area (Å²) in [6.45, 7) is 1.30. The van der Waals surface area contributed by atoms with Crippen molar-refractivity contribution in [2.45, 2.75) is 12.5 Å². The molecule has 0 aliphatic carbocycles. The SMILES string of the molecule is Fc1ccccc1NCC1OCCc2ccccc21. The molecule has 1 unspecified atom stereocenters. The highest BCUT2D eigenvalue weighted by Crippen LogP contribution is 2.27. The van der Waals surface area contributed by atoms with Crippen molar-refractivity contribution >= 4 is 5.69 Å². The van der Waals surface area contributed by atoms with Crippen LogP contribution in [0.25, 0.3) is 0 Å². The summed E-state index contributed by atoms with van der Waals surface area (Å²) in [6.07, 6.45) is 0.941. The van der Waals surface area contributed by atoms with Crippen molar-refractivity contribution in [3.8, 4) is 0 Å². The molecule has 3 heteroatoms. The number of hydrogen-bond acceptors (Lipinski definition) is 2. The molecule has 0 aromatic heterocycles. The van der Waals surface area contributed by atoms with Gasteiger partial charge in [-0.1, -0.05) is 36.4 Å². The molecule has 0 spiro atoms. The monoisotopic (exact) mass is 257 g/mol. The van der Waals surface area contributed by atoms with Crippen LogP contribution in [0.5, 0.6) is 0 Å². The summed E-state index contributed by atoms with van der Waals surface area (Å²) in [5.41, 5.74) is 3.06. The lowest BCUT2D eigenvalue weighted by atomic mass is 9.97. The van der Waals surface area contributed by atoms with Crippen LogP contribution in [0.2, 0.25) is 0 Å². The van der Waals surface area contributed by atoms with Crippen molar-refractivity contribution in [2.75, 3.05) is 18.5 Å². The maximum absolute atomic E-state index is 13.5. The number of ether oxygens (including phenoxy) is 1. The number of rotatable bonds is 3. The van der Waals surface area contributed by atoms with Crippen LogP contribution >= 0.6 is 0 Å². The van der Waals surface area contributed by atoms with Crippen LogP contribution in [-0.4, -0.2) is 13.2 Å². The molecule has 1 atom stereocenters. The minimum atomic E-state index is -0.230. The molecule has 1 aliphatic rings. The molecule has 0 fully saturated rings. The van der Waals surface area contributed by atoms with E-state index in [2.05, 4.69) is 17.4 Å². The molecule has 0 saturated carbocycles. The predicted octanol–water partition coefficient (Wildman–Crippen LogP) is 3.55. The normalized spacial score (nSPS) is 17.8. The van der Waals surface area contributed by atoms with Crippen molar-refractivity contribution < 1.29 is 9.13 Å². The zero-order valence-electron chi connectivity index (χ0n) is 10.6. The van der Waals surface area contributed by atoms with E-state index in [0.717, 1.165) is 13.0 Å². The highest BCUT2D eigenvalue weighted by molar-refractivity contribution is 5.45. The van der Waals surface area contributed by atoms with Crippen molar-refractivity contribution in [1.29, 1.82) is 0 Å². The van der Waals surface area contributed by atoms with Crippen LogP contribution in [0, 0.1) is 5.82 Å². The maximum atomic E-state index is 13.5. The first-order valence-corrected chi connectivity index (χ1v) is 6.52. The first-order valence-electron chi connectivity index (χ1n) is 6.52. The number of hydrogen-bond donors (Lipinski definition) is 1. The largest absolute Gasteiger partial charge is 0.380 e. The van der Waals surface area contributed by atoms with Gasteiger partial charge in [-0.2, -0.15) is 0 Å². The van der Waals surface area contributed by atoms with Crippen LogP contribution in [0.1, 0.15) is 17.2 Å². The second kappa shape index (κ2) is 5.41. The van der Waals surface area contributed by atoms with Crippen LogP contribution in [-0.2, 0) is 11.2 Å². The summed E-state index contributed by atoms with van der Waals surface area (Å²) in [5, 5.41) is 3.12. The topological polar surface area (TPSA) is 21.3 Å². The van der Waals surface area contributed by atoms with Crippen LogP contribution in [0.15, 0.2) is 48.5 Å². The third kappa shape index (κ3) is 2.61. The molecule has 1 N–H and O–H groups in total. The fraction of sp³-hybridized carbons (Fsp3) is 0.250. The van der Waals surface area contributed by atoms with Gasteiger partial charge in [0.1, 0.15) is 5.82 Å². The van der Waals surface area contributed by atoms with Crippen LogP contribution in [0.3, 0.4) is 0 Å². The van der Waals surface area contributed by atoms with Gasteiger partial charge in [-0.15, -0.1) is 0 Å². The average molecular weight is 257 g/mol. The molecule has 1 heterocycles. The van der Waals surface area contributed by atoms with Gasteiger partial charge in [-0.25, -0.2) is 4.39 Å². The second-order valence-electron chi connectivity index (χ2n) is 4.67. The molecular weight excluding hydrogens is 241 g/mol. The highest BCUT2D eigenvalue weighted by atomic mass is 19.1. The zero-order chi connectivity index (χ0) is 13.1. The van der Waals surface area contributed by atoms with E-state index in [1.54, 1.807) is 12.1 Å². The van der Waals surface area contributed by atoms with E-state index < -0.39 is 0 Å². The average Bonchev–Trinajstić information content (AvgIpc) is 2.46. The van der Waals surface area contributed by atoms with Crippen molar-refractivity contribution in [3.63, 3.8) is 0 Å². The summed E-state index contributed by atoms with van der Waals surface area (Å²) in [4.78, 5) is 0. The maximum Gasteiger partial charge on any atom is 0.146 e. The number of para-hydroxylation sites is 1. The third-order valence-corrected chi connectivity index (χ3v) is 3.44. The molecule has 0 radical (unpaired) electrons. The van der Waals surface area contributed by atoms with Gasteiger partial charge in [-0.05, 0) is 29.7 Å².